The summed E-state index contributed by atoms with van der Waals surface area (Å²) in [6.45, 7) is 13.3. The number of hydrogen-bond acceptors (Lipinski definition) is 2. The minimum Gasteiger partial charge on any atom is -0.300 e. The van der Waals surface area contributed by atoms with Crippen LogP contribution < -0.4 is 4.57 Å². The zero-order valence-electron chi connectivity index (χ0n) is 17.0. The van der Waals surface area contributed by atoms with Crippen LogP contribution in [0.15, 0.2) is 58.6 Å². The molecule has 0 aliphatic heterocycles. The van der Waals surface area contributed by atoms with Gasteiger partial charge in [-0.25, -0.2) is 9.55 Å². The van der Waals surface area contributed by atoms with E-state index in [0.29, 0.717) is 5.92 Å². The topological polar surface area (TPSA) is 22.9 Å². The number of H-pyrrole nitrogens is 1. The van der Waals surface area contributed by atoms with Crippen LogP contribution in [0.4, 0.5) is 0 Å². The number of aromatic amines is 1. The van der Waals surface area contributed by atoms with Crippen molar-refractivity contribution in [3.63, 3.8) is 0 Å². The number of para-hydroxylation sites is 2. The van der Waals surface area contributed by atoms with E-state index < -0.39 is 0 Å². The molecule has 0 aliphatic rings. The van der Waals surface area contributed by atoms with Gasteiger partial charge in [-0.15, -0.1) is 0 Å². The molecule has 0 bridgehead atoms. The van der Waals surface area contributed by atoms with Gasteiger partial charge in [0, 0.05) is 11.4 Å². The Balaban J connectivity index is 1.85. The van der Waals surface area contributed by atoms with E-state index in [1.165, 1.54) is 33.1 Å². The fraction of sp³-hybridized carbons (Fsp3) is 0.435. The van der Waals surface area contributed by atoms with Crippen LogP contribution in [0.5, 0.6) is 0 Å². The van der Waals surface area contributed by atoms with E-state index in [2.05, 4.69) is 90.7 Å². The van der Waals surface area contributed by atoms with E-state index in [-0.39, 0.29) is 0 Å². The standard InChI is InChI=1S/C23H31N3S/c1-5-18(4)19-12-14-20(15-13-19)27-23-24-21-10-8-9-11-22(21)26(23)17-16-25(6-2)7-3/h8-15,18H,5-7,16-17H2,1-4H3/p+1. The molecule has 3 nitrogen and oxygen atoms in total. The van der Waals surface area contributed by atoms with E-state index in [1.807, 2.05) is 11.8 Å². The SMILES string of the molecule is CCC(C)c1ccc(Sc2[nH]c3ccccc3[n+]2CCN(CC)CC)cc1. The molecule has 0 aliphatic carbocycles. The lowest BCUT2D eigenvalue weighted by molar-refractivity contribution is -0.708. The second kappa shape index (κ2) is 9.43. The molecule has 4 heteroatoms. The Hall–Kier alpha value is -1.78. The average molecular weight is 383 g/mol. The summed E-state index contributed by atoms with van der Waals surface area (Å²) in [5.41, 5.74) is 3.91. The van der Waals surface area contributed by atoms with Crippen molar-refractivity contribution in [2.45, 2.75) is 56.6 Å². The van der Waals surface area contributed by atoms with Crippen LogP contribution >= 0.6 is 11.8 Å². The number of likely N-dealkylation sites (N-methyl/N-ethyl adjacent to an activating group) is 1. The Bertz CT molecular complexity index is 850. The smallest absolute Gasteiger partial charge is 0.300 e. The second-order valence-corrected chi connectivity index (χ2v) is 8.17. The van der Waals surface area contributed by atoms with Gasteiger partial charge in [0.1, 0.15) is 6.54 Å². The van der Waals surface area contributed by atoms with E-state index in [0.717, 1.165) is 26.2 Å². The molecular formula is C23H32N3S+. The highest BCUT2D eigenvalue weighted by atomic mass is 32.2. The highest BCUT2D eigenvalue weighted by molar-refractivity contribution is 7.99. The van der Waals surface area contributed by atoms with Crippen molar-refractivity contribution >= 4 is 22.8 Å². The van der Waals surface area contributed by atoms with Crippen molar-refractivity contribution in [3.8, 4) is 0 Å². The molecule has 3 rings (SSSR count). The lowest BCUT2D eigenvalue weighted by Gasteiger charge is -2.16. The Kier molecular flexibility index (Phi) is 6.97. The van der Waals surface area contributed by atoms with Crippen molar-refractivity contribution in [2.75, 3.05) is 19.6 Å². The first-order chi connectivity index (χ1) is 13.2. The minimum absolute atomic E-state index is 0.621. The van der Waals surface area contributed by atoms with Crippen LogP contribution in [0.2, 0.25) is 0 Å². The van der Waals surface area contributed by atoms with Crippen molar-refractivity contribution in [1.29, 1.82) is 0 Å². The molecule has 1 N–H and O–H groups in total. The van der Waals surface area contributed by atoms with Gasteiger partial charge in [-0.05, 0) is 67.0 Å². The number of aromatic nitrogens is 2. The minimum atomic E-state index is 0.621. The Morgan fingerprint density at radius 2 is 1.70 bits per heavy atom. The zero-order valence-corrected chi connectivity index (χ0v) is 17.9. The molecule has 0 saturated heterocycles. The van der Waals surface area contributed by atoms with Crippen LogP contribution in [-0.4, -0.2) is 29.5 Å². The lowest BCUT2D eigenvalue weighted by atomic mass is 9.99. The second-order valence-electron chi connectivity index (χ2n) is 7.11. The predicted molar refractivity (Wildman–Crippen MR) is 116 cm³/mol. The number of fused-ring (bicyclic) bond motifs is 1. The third-order valence-electron chi connectivity index (χ3n) is 5.49. The normalized spacial score (nSPS) is 12.8. The summed E-state index contributed by atoms with van der Waals surface area (Å²) >= 11 is 1.82. The average Bonchev–Trinajstić information content (AvgIpc) is 3.06. The third kappa shape index (κ3) is 4.74. The molecule has 27 heavy (non-hydrogen) atoms. The molecule has 144 valence electrons. The molecule has 1 unspecified atom stereocenters. The Labute approximate surface area is 167 Å². The molecule has 1 heterocycles. The highest BCUT2D eigenvalue weighted by Gasteiger charge is 2.20. The fourth-order valence-electron chi connectivity index (χ4n) is 3.40. The van der Waals surface area contributed by atoms with E-state index in [9.17, 15) is 0 Å². The van der Waals surface area contributed by atoms with Gasteiger partial charge in [0.25, 0.3) is 0 Å². The molecule has 0 saturated carbocycles. The largest absolute Gasteiger partial charge is 0.321 e. The summed E-state index contributed by atoms with van der Waals surface area (Å²) in [5.74, 6) is 0.621. The first kappa shape index (κ1) is 20.0. The van der Waals surface area contributed by atoms with E-state index >= 15 is 0 Å². The van der Waals surface area contributed by atoms with Gasteiger partial charge >= 0.3 is 5.16 Å². The van der Waals surface area contributed by atoms with Gasteiger partial charge in [-0.1, -0.05) is 52.0 Å². The van der Waals surface area contributed by atoms with Gasteiger partial charge in [-0.2, -0.15) is 0 Å². The number of rotatable bonds is 9. The summed E-state index contributed by atoms with van der Waals surface area (Å²) in [4.78, 5) is 7.39. The summed E-state index contributed by atoms with van der Waals surface area (Å²) in [6.07, 6.45) is 1.18. The van der Waals surface area contributed by atoms with Crippen LogP contribution in [0.3, 0.4) is 0 Å². The van der Waals surface area contributed by atoms with Gasteiger partial charge < -0.3 is 0 Å². The molecule has 0 spiro atoms. The molecule has 0 amide bonds. The molecule has 0 radical (unpaired) electrons. The highest BCUT2D eigenvalue weighted by Crippen LogP contribution is 2.28. The van der Waals surface area contributed by atoms with Crippen LogP contribution in [0.25, 0.3) is 11.0 Å². The maximum Gasteiger partial charge on any atom is 0.321 e. The summed E-state index contributed by atoms with van der Waals surface area (Å²) < 4.78 is 2.43. The molecule has 2 aromatic carbocycles. The number of imidazole rings is 1. The van der Waals surface area contributed by atoms with Gasteiger partial charge in [-0.3, -0.25) is 4.90 Å². The van der Waals surface area contributed by atoms with Crippen LogP contribution in [-0.2, 0) is 6.54 Å². The van der Waals surface area contributed by atoms with Gasteiger partial charge in [0.2, 0.25) is 0 Å². The molecule has 0 fully saturated rings. The van der Waals surface area contributed by atoms with E-state index in [4.69, 9.17) is 0 Å². The van der Waals surface area contributed by atoms with Crippen molar-refractivity contribution in [1.82, 2.24) is 9.88 Å². The number of hydrogen-bond donors (Lipinski definition) is 1. The maximum atomic E-state index is 3.63. The van der Waals surface area contributed by atoms with Crippen molar-refractivity contribution in [2.24, 2.45) is 0 Å². The quantitative estimate of drug-likeness (QED) is 0.497. The van der Waals surface area contributed by atoms with Crippen LogP contribution in [0.1, 0.15) is 45.6 Å². The molecule has 1 atom stereocenters. The molecule has 3 aromatic rings. The Morgan fingerprint density at radius 1 is 1.00 bits per heavy atom. The summed E-state index contributed by atoms with van der Waals surface area (Å²) in [5, 5.41) is 1.21. The predicted octanol–water partition coefficient (Wildman–Crippen LogP) is 5.46. The number of nitrogens with one attached hydrogen (secondary N) is 1. The number of benzene rings is 2. The first-order valence-electron chi connectivity index (χ1n) is 10.2. The molecular weight excluding hydrogens is 350 g/mol. The maximum absolute atomic E-state index is 3.63. The molecule has 1 aromatic heterocycles. The van der Waals surface area contributed by atoms with Crippen LogP contribution in [0, 0.1) is 0 Å². The summed E-state index contributed by atoms with van der Waals surface area (Å²) in [6, 6.07) is 17.7. The number of nitrogens with zero attached hydrogens (tertiary/aromatic N) is 2. The van der Waals surface area contributed by atoms with Gasteiger partial charge in [0.05, 0.1) is 0 Å². The van der Waals surface area contributed by atoms with Crippen molar-refractivity contribution in [3.05, 3.63) is 54.1 Å². The first-order valence-corrected chi connectivity index (χ1v) is 11.0. The van der Waals surface area contributed by atoms with E-state index in [1.54, 1.807) is 0 Å². The zero-order chi connectivity index (χ0) is 19.2. The third-order valence-corrected chi connectivity index (χ3v) is 6.52. The summed E-state index contributed by atoms with van der Waals surface area (Å²) in [7, 11) is 0. The Morgan fingerprint density at radius 3 is 2.37 bits per heavy atom. The van der Waals surface area contributed by atoms with Gasteiger partial charge in [0.15, 0.2) is 11.0 Å². The lowest BCUT2D eigenvalue weighted by Crippen LogP contribution is -2.41. The monoisotopic (exact) mass is 382 g/mol. The fourth-order valence-corrected chi connectivity index (χ4v) is 4.36. The van der Waals surface area contributed by atoms with Crippen molar-refractivity contribution < 1.29 is 4.57 Å².